The number of carbonyl (C=O) groups excluding carboxylic acids is 1. The Kier molecular flexibility index (Phi) is 3.85. The smallest absolute Gasteiger partial charge is 0.368 e. The van der Waals surface area contributed by atoms with Crippen molar-refractivity contribution in [3.05, 3.63) is 34.0 Å². The lowest BCUT2D eigenvalue weighted by atomic mass is 10.2. The van der Waals surface area contributed by atoms with Gasteiger partial charge >= 0.3 is 6.18 Å². The van der Waals surface area contributed by atoms with E-state index in [1.807, 2.05) is 0 Å². The number of hydrogen-bond acceptors (Lipinski definition) is 4. The van der Waals surface area contributed by atoms with Gasteiger partial charge in [-0.25, -0.2) is 9.99 Å². The molecular formula is C12H11ClF3N3O2. The number of hydrazine groups is 1. The zero-order valence-electron chi connectivity index (χ0n) is 11.0. The van der Waals surface area contributed by atoms with Crippen LogP contribution in [-0.4, -0.2) is 27.2 Å². The quantitative estimate of drug-likeness (QED) is 0.822. The molecule has 2 N–H and O–H groups in total. The maximum atomic E-state index is 12.6. The van der Waals surface area contributed by atoms with Gasteiger partial charge in [-0.05, 0) is 31.6 Å². The van der Waals surface area contributed by atoms with Crippen LogP contribution < -0.4 is 5.43 Å². The topological polar surface area (TPSA) is 65.5 Å². The zero-order valence-corrected chi connectivity index (χ0v) is 11.7. The first-order chi connectivity index (χ1) is 9.62. The van der Waals surface area contributed by atoms with Crippen LogP contribution in [0.2, 0.25) is 5.15 Å². The van der Waals surface area contributed by atoms with Crippen LogP contribution in [0.5, 0.6) is 0 Å². The molecule has 5 nitrogen and oxygen atoms in total. The number of aromatic nitrogens is 1. The SMILES string of the molecule is CC1=C(C)C(O)N(Nc2ccc(C(F)(F)F)c(Cl)n2)C1=O. The van der Waals surface area contributed by atoms with Crippen molar-refractivity contribution in [3.8, 4) is 0 Å². The van der Waals surface area contributed by atoms with Crippen LogP contribution >= 0.6 is 11.6 Å². The molecule has 0 aromatic carbocycles. The zero-order chi connectivity index (χ0) is 15.9. The van der Waals surface area contributed by atoms with E-state index in [0.29, 0.717) is 11.1 Å². The number of pyridine rings is 1. The third kappa shape index (κ3) is 2.81. The van der Waals surface area contributed by atoms with Crippen molar-refractivity contribution in [2.75, 3.05) is 5.43 Å². The van der Waals surface area contributed by atoms with E-state index >= 15 is 0 Å². The molecule has 21 heavy (non-hydrogen) atoms. The summed E-state index contributed by atoms with van der Waals surface area (Å²) in [4.78, 5) is 15.4. The molecular weight excluding hydrogens is 311 g/mol. The molecule has 0 radical (unpaired) electrons. The molecule has 0 spiro atoms. The van der Waals surface area contributed by atoms with E-state index in [2.05, 4.69) is 10.4 Å². The average Bonchev–Trinajstić information content (AvgIpc) is 2.55. The minimum Gasteiger partial charge on any atom is -0.368 e. The second kappa shape index (κ2) is 5.19. The third-order valence-corrected chi connectivity index (χ3v) is 3.44. The van der Waals surface area contributed by atoms with Gasteiger partial charge in [-0.2, -0.15) is 13.2 Å². The summed E-state index contributed by atoms with van der Waals surface area (Å²) in [7, 11) is 0. The highest BCUT2D eigenvalue weighted by atomic mass is 35.5. The Hall–Kier alpha value is -1.80. The lowest BCUT2D eigenvalue weighted by Crippen LogP contribution is -2.40. The van der Waals surface area contributed by atoms with Crippen LogP contribution in [0.25, 0.3) is 0 Å². The lowest BCUT2D eigenvalue weighted by molar-refractivity contribution is -0.137. The number of nitrogens with one attached hydrogen (secondary N) is 1. The maximum absolute atomic E-state index is 12.6. The van der Waals surface area contributed by atoms with Crippen LogP contribution in [-0.2, 0) is 11.0 Å². The molecule has 0 aliphatic carbocycles. The second-order valence-corrected chi connectivity index (χ2v) is 4.86. The molecule has 1 atom stereocenters. The Labute approximate surface area is 123 Å². The van der Waals surface area contributed by atoms with Crippen LogP contribution in [0, 0.1) is 0 Å². The molecule has 1 aromatic rings. The van der Waals surface area contributed by atoms with Gasteiger partial charge in [-0.1, -0.05) is 11.6 Å². The predicted octanol–water partition coefficient (Wildman–Crippen LogP) is 2.58. The van der Waals surface area contributed by atoms with Gasteiger partial charge in [-0.3, -0.25) is 10.2 Å². The number of aliphatic hydroxyl groups excluding tert-OH is 1. The Morgan fingerprint density at radius 3 is 2.43 bits per heavy atom. The van der Waals surface area contributed by atoms with Crippen molar-refractivity contribution in [2.24, 2.45) is 0 Å². The Morgan fingerprint density at radius 1 is 1.38 bits per heavy atom. The monoisotopic (exact) mass is 321 g/mol. The van der Waals surface area contributed by atoms with Crippen molar-refractivity contribution >= 4 is 23.3 Å². The minimum absolute atomic E-state index is 0.0806. The van der Waals surface area contributed by atoms with Crippen molar-refractivity contribution in [3.63, 3.8) is 0 Å². The fourth-order valence-electron chi connectivity index (χ4n) is 1.79. The van der Waals surface area contributed by atoms with Crippen LogP contribution in [0.1, 0.15) is 19.4 Å². The van der Waals surface area contributed by atoms with Crippen molar-refractivity contribution < 1.29 is 23.1 Å². The third-order valence-electron chi connectivity index (χ3n) is 3.15. The fraction of sp³-hybridized carbons (Fsp3) is 0.333. The molecule has 9 heteroatoms. The van der Waals surface area contributed by atoms with E-state index < -0.39 is 29.0 Å². The van der Waals surface area contributed by atoms with Gasteiger partial charge in [-0.15, -0.1) is 0 Å². The number of aliphatic hydroxyl groups is 1. The number of alkyl halides is 3. The van der Waals surface area contributed by atoms with Gasteiger partial charge in [0.05, 0.1) is 5.56 Å². The minimum atomic E-state index is -4.61. The summed E-state index contributed by atoms with van der Waals surface area (Å²) in [6.45, 7) is 3.11. The highest BCUT2D eigenvalue weighted by Gasteiger charge is 2.36. The van der Waals surface area contributed by atoms with Crippen LogP contribution in [0.4, 0.5) is 19.0 Å². The highest BCUT2D eigenvalue weighted by molar-refractivity contribution is 6.30. The van der Waals surface area contributed by atoms with E-state index in [1.54, 1.807) is 6.92 Å². The van der Waals surface area contributed by atoms with E-state index in [-0.39, 0.29) is 5.82 Å². The summed E-state index contributed by atoms with van der Waals surface area (Å²) in [6, 6.07) is 1.77. The standard InChI is InChI=1S/C12H11ClF3N3O2/c1-5-6(2)11(21)19(10(5)20)18-8-4-3-7(9(13)17-8)12(14,15)16/h3-4,10,20H,1-2H3,(H,17,18). The normalized spacial score (nSPS) is 19.5. The average molecular weight is 322 g/mol. The Balaban J connectivity index is 2.23. The summed E-state index contributed by atoms with van der Waals surface area (Å²) in [5, 5.41) is 9.99. The Bertz CT molecular complexity index is 631. The van der Waals surface area contributed by atoms with Crippen molar-refractivity contribution in [1.82, 2.24) is 9.99 Å². The molecule has 2 rings (SSSR count). The summed E-state index contributed by atoms with van der Waals surface area (Å²) >= 11 is 5.48. The van der Waals surface area contributed by atoms with Gasteiger partial charge in [0.25, 0.3) is 5.91 Å². The molecule has 0 saturated carbocycles. The second-order valence-electron chi connectivity index (χ2n) is 4.50. The van der Waals surface area contributed by atoms with E-state index in [0.717, 1.165) is 17.1 Å². The molecule has 1 aromatic heterocycles. The van der Waals surface area contributed by atoms with Gasteiger partial charge < -0.3 is 5.11 Å². The molecule has 0 saturated heterocycles. The lowest BCUT2D eigenvalue weighted by Gasteiger charge is -2.23. The van der Waals surface area contributed by atoms with Gasteiger partial charge in [0.2, 0.25) is 0 Å². The van der Waals surface area contributed by atoms with E-state index in [1.165, 1.54) is 6.92 Å². The summed E-state index contributed by atoms with van der Waals surface area (Å²) < 4.78 is 37.7. The maximum Gasteiger partial charge on any atom is 0.419 e. The molecule has 2 heterocycles. The van der Waals surface area contributed by atoms with Crippen molar-refractivity contribution in [2.45, 2.75) is 26.3 Å². The molecule has 114 valence electrons. The number of anilines is 1. The molecule has 1 aliphatic rings. The Morgan fingerprint density at radius 2 is 2.00 bits per heavy atom. The summed E-state index contributed by atoms with van der Waals surface area (Å²) in [6.07, 6.45) is -5.82. The van der Waals surface area contributed by atoms with Crippen molar-refractivity contribution in [1.29, 1.82) is 0 Å². The van der Waals surface area contributed by atoms with Crippen LogP contribution in [0.15, 0.2) is 23.3 Å². The van der Waals surface area contributed by atoms with E-state index in [9.17, 15) is 23.1 Å². The summed E-state index contributed by atoms with van der Waals surface area (Å²) in [5.74, 6) is -0.569. The fourth-order valence-corrected chi connectivity index (χ4v) is 2.05. The number of rotatable bonds is 2. The van der Waals surface area contributed by atoms with Gasteiger partial charge in [0, 0.05) is 5.57 Å². The highest BCUT2D eigenvalue weighted by Crippen LogP contribution is 2.34. The van der Waals surface area contributed by atoms with Gasteiger partial charge in [0.1, 0.15) is 11.0 Å². The molecule has 0 bridgehead atoms. The van der Waals surface area contributed by atoms with E-state index in [4.69, 9.17) is 11.6 Å². The molecule has 1 amide bonds. The number of carbonyl (C=O) groups is 1. The molecule has 0 fully saturated rings. The number of halogens is 4. The molecule has 1 aliphatic heterocycles. The first-order valence-corrected chi connectivity index (χ1v) is 6.20. The predicted molar refractivity (Wildman–Crippen MR) is 69.1 cm³/mol. The van der Waals surface area contributed by atoms with Crippen LogP contribution in [0.3, 0.4) is 0 Å². The molecule has 1 unspecified atom stereocenters. The number of hydrogen-bond donors (Lipinski definition) is 2. The first kappa shape index (κ1) is 15.6. The summed E-state index contributed by atoms with van der Waals surface area (Å²) in [5.41, 5.74) is 2.18. The number of nitrogens with zero attached hydrogens (tertiary/aromatic N) is 2. The largest absolute Gasteiger partial charge is 0.419 e. The van der Waals surface area contributed by atoms with Gasteiger partial charge in [0.15, 0.2) is 6.23 Å². The number of amides is 1. The first-order valence-electron chi connectivity index (χ1n) is 5.82.